The lowest BCUT2D eigenvalue weighted by Crippen LogP contribution is -2.40. The molecule has 0 unspecified atom stereocenters. The van der Waals surface area contributed by atoms with Gasteiger partial charge in [0.2, 0.25) is 11.8 Å². The number of thiazole rings is 1. The van der Waals surface area contributed by atoms with Gasteiger partial charge in [0.1, 0.15) is 12.3 Å². The summed E-state index contributed by atoms with van der Waals surface area (Å²) in [6.07, 6.45) is -0.168. The van der Waals surface area contributed by atoms with Crippen molar-refractivity contribution in [1.29, 1.82) is 0 Å². The Morgan fingerprint density at radius 1 is 1.46 bits per heavy atom. The minimum absolute atomic E-state index is 0.0952. The van der Waals surface area contributed by atoms with E-state index in [1.165, 1.54) is 18.4 Å². The third kappa shape index (κ3) is 4.42. The standard InChI is InChI=1S/C15H19N5O5S/c1-24-5-12-19-13(25-20-12)4-16-14(22)8-2-9(11(21)3-8)18-15(23)10-6-26-7-17-10/h6-9,11,21H,2-5H2,1H3,(H,16,22)(H,18,23)/t8-,9+,11+/m0/s1. The van der Waals surface area contributed by atoms with Crippen molar-refractivity contribution in [2.75, 3.05) is 7.11 Å². The summed E-state index contributed by atoms with van der Waals surface area (Å²) < 4.78 is 9.89. The summed E-state index contributed by atoms with van der Waals surface area (Å²) >= 11 is 1.31. The Morgan fingerprint density at radius 3 is 3.04 bits per heavy atom. The molecule has 2 heterocycles. The molecule has 10 nitrogen and oxygen atoms in total. The molecule has 3 rings (SSSR count). The molecule has 3 atom stereocenters. The first kappa shape index (κ1) is 18.4. The summed E-state index contributed by atoms with van der Waals surface area (Å²) in [5.41, 5.74) is 1.87. The third-order valence-electron chi connectivity index (χ3n) is 4.08. The van der Waals surface area contributed by atoms with Gasteiger partial charge in [-0.15, -0.1) is 11.3 Å². The average Bonchev–Trinajstić information content (AvgIpc) is 3.35. The number of amides is 2. The highest BCUT2D eigenvalue weighted by Crippen LogP contribution is 2.26. The van der Waals surface area contributed by atoms with E-state index in [4.69, 9.17) is 9.26 Å². The number of aliphatic hydroxyl groups is 1. The molecule has 0 bridgehead atoms. The molecule has 1 aliphatic rings. The van der Waals surface area contributed by atoms with Gasteiger partial charge in [0, 0.05) is 18.4 Å². The van der Waals surface area contributed by atoms with Gasteiger partial charge >= 0.3 is 0 Å². The molecule has 3 N–H and O–H groups in total. The summed E-state index contributed by atoms with van der Waals surface area (Å²) in [5, 5.41) is 20.9. The number of hydrogen-bond donors (Lipinski definition) is 3. The number of carbonyl (C=O) groups is 2. The maximum Gasteiger partial charge on any atom is 0.271 e. The van der Waals surface area contributed by atoms with Crippen molar-refractivity contribution >= 4 is 23.2 Å². The molecule has 11 heteroatoms. The predicted molar refractivity (Wildman–Crippen MR) is 89.0 cm³/mol. The fraction of sp³-hybridized carbons (Fsp3) is 0.533. The smallest absolute Gasteiger partial charge is 0.271 e. The van der Waals surface area contributed by atoms with Crippen molar-refractivity contribution in [2.45, 2.75) is 38.1 Å². The molecule has 1 saturated carbocycles. The Bertz CT molecular complexity index is 749. The molecule has 1 fully saturated rings. The van der Waals surface area contributed by atoms with E-state index in [0.29, 0.717) is 17.9 Å². The topological polar surface area (TPSA) is 139 Å². The van der Waals surface area contributed by atoms with Crippen LogP contribution in [0.2, 0.25) is 0 Å². The molecular weight excluding hydrogens is 362 g/mol. The predicted octanol–water partition coefficient (Wildman–Crippen LogP) is -0.142. The Kier molecular flexibility index (Phi) is 5.91. The van der Waals surface area contributed by atoms with E-state index < -0.39 is 18.1 Å². The first-order chi connectivity index (χ1) is 12.6. The van der Waals surface area contributed by atoms with Crippen LogP contribution in [0.15, 0.2) is 15.4 Å². The summed E-state index contributed by atoms with van der Waals surface area (Å²) in [6.45, 7) is 0.324. The Labute approximate surface area is 153 Å². The first-order valence-corrected chi connectivity index (χ1v) is 8.96. The third-order valence-corrected chi connectivity index (χ3v) is 4.67. The zero-order valence-corrected chi connectivity index (χ0v) is 14.9. The SMILES string of the molecule is COCc1noc(CNC(=O)[C@@H]2C[C@@H](O)[C@H](NC(=O)c3cscn3)C2)n1. The molecule has 140 valence electrons. The fourth-order valence-corrected chi connectivity index (χ4v) is 3.34. The second-order valence-electron chi connectivity index (χ2n) is 5.94. The van der Waals surface area contributed by atoms with Gasteiger partial charge in [-0.05, 0) is 12.8 Å². The lowest BCUT2D eigenvalue weighted by molar-refractivity contribution is -0.125. The lowest BCUT2D eigenvalue weighted by Gasteiger charge is -2.15. The Hall–Kier alpha value is -2.37. The van der Waals surface area contributed by atoms with Gasteiger partial charge in [-0.1, -0.05) is 5.16 Å². The van der Waals surface area contributed by atoms with Gasteiger partial charge in [-0.3, -0.25) is 9.59 Å². The highest BCUT2D eigenvalue weighted by molar-refractivity contribution is 7.07. The molecule has 0 aliphatic heterocycles. The normalized spacial score (nSPS) is 22.3. The molecule has 26 heavy (non-hydrogen) atoms. The molecule has 1 aliphatic carbocycles. The van der Waals surface area contributed by atoms with Crippen molar-refractivity contribution < 1.29 is 24.0 Å². The van der Waals surface area contributed by atoms with Crippen molar-refractivity contribution in [3.63, 3.8) is 0 Å². The number of ether oxygens (including phenoxy) is 1. The number of nitrogens with zero attached hydrogens (tertiary/aromatic N) is 3. The van der Waals surface area contributed by atoms with Crippen LogP contribution in [0.25, 0.3) is 0 Å². The second-order valence-corrected chi connectivity index (χ2v) is 6.66. The van der Waals surface area contributed by atoms with E-state index in [1.54, 1.807) is 10.9 Å². The van der Waals surface area contributed by atoms with Crippen LogP contribution in [0.5, 0.6) is 0 Å². The highest BCUT2D eigenvalue weighted by atomic mass is 32.1. The number of rotatable bonds is 7. The minimum Gasteiger partial charge on any atom is -0.391 e. The molecule has 2 aromatic heterocycles. The fourth-order valence-electron chi connectivity index (χ4n) is 2.81. The molecule has 0 saturated heterocycles. The number of methoxy groups -OCH3 is 1. The van der Waals surface area contributed by atoms with Gasteiger partial charge in [-0.25, -0.2) is 4.98 Å². The van der Waals surface area contributed by atoms with E-state index in [2.05, 4.69) is 25.8 Å². The summed E-state index contributed by atoms with van der Waals surface area (Å²) in [5.74, 6) is -0.323. The number of nitrogens with one attached hydrogen (secondary N) is 2. The van der Waals surface area contributed by atoms with Crippen LogP contribution < -0.4 is 10.6 Å². The van der Waals surface area contributed by atoms with E-state index in [0.717, 1.165) is 0 Å². The largest absolute Gasteiger partial charge is 0.391 e. The van der Waals surface area contributed by atoms with E-state index >= 15 is 0 Å². The van der Waals surface area contributed by atoms with Crippen molar-refractivity contribution in [2.24, 2.45) is 5.92 Å². The maximum atomic E-state index is 12.3. The Morgan fingerprint density at radius 2 is 2.31 bits per heavy atom. The quantitative estimate of drug-likeness (QED) is 0.602. The van der Waals surface area contributed by atoms with Crippen LogP contribution in [0.4, 0.5) is 0 Å². The number of aliphatic hydroxyl groups excluding tert-OH is 1. The molecule has 2 aromatic rings. The van der Waals surface area contributed by atoms with Crippen LogP contribution in [0.1, 0.15) is 35.0 Å². The average molecular weight is 381 g/mol. The molecule has 0 spiro atoms. The second kappa shape index (κ2) is 8.34. The van der Waals surface area contributed by atoms with Crippen LogP contribution in [0.3, 0.4) is 0 Å². The van der Waals surface area contributed by atoms with Crippen LogP contribution in [0, 0.1) is 5.92 Å². The molecule has 0 radical (unpaired) electrons. The summed E-state index contributed by atoms with van der Waals surface area (Å²) in [4.78, 5) is 32.3. The van der Waals surface area contributed by atoms with Crippen LogP contribution in [-0.4, -0.2) is 51.3 Å². The monoisotopic (exact) mass is 381 g/mol. The summed E-state index contributed by atoms with van der Waals surface area (Å²) in [6, 6.07) is -0.489. The van der Waals surface area contributed by atoms with Crippen molar-refractivity contribution in [3.8, 4) is 0 Å². The molecule has 2 amide bonds. The van der Waals surface area contributed by atoms with Gasteiger partial charge in [-0.2, -0.15) is 4.98 Å². The van der Waals surface area contributed by atoms with Gasteiger partial charge in [0.25, 0.3) is 5.91 Å². The minimum atomic E-state index is -0.787. The van der Waals surface area contributed by atoms with E-state index in [1.807, 2.05) is 0 Å². The van der Waals surface area contributed by atoms with E-state index in [9.17, 15) is 14.7 Å². The number of carbonyl (C=O) groups excluding carboxylic acids is 2. The molecule has 0 aromatic carbocycles. The zero-order chi connectivity index (χ0) is 18.5. The van der Waals surface area contributed by atoms with Gasteiger partial charge in [0.05, 0.1) is 24.2 Å². The van der Waals surface area contributed by atoms with Crippen LogP contribution >= 0.6 is 11.3 Å². The first-order valence-electron chi connectivity index (χ1n) is 8.02. The van der Waals surface area contributed by atoms with E-state index in [-0.39, 0.29) is 37.3 Å². The van der Waals surface area contributed by atoms with Crippen molar-refractivity contribution in [3.05, 3.63) is 28.3 Å². The van der Waals surface area contributed by atoms with Crippen molar-refractivity contribution in [1.82, 2.24) is 25.8 Å². The maximum absolute atomic E-state index is 12.3. The number of hydrogen-bond acceptors (Lipinski definition) is 9. The molecular formula is C15H19N5O5S. The highest BCUT2D eigenvalue weighted by Gasteiger charge is 2.38. The lowest BCUT2D eigenvalue weighted by atomic mass is 10.1. The van der Waals surface area contributed by atoms with Crippen LogP contribution in [-0.2, 0) is 22.7 Å². The van der Waals surface area contributed by atoms with Gasteiger partial charge in [0.15, 0.2) is 5.82 Å². The number of aromatic nitrogens is 3. The zero-order valence-electron chi connectivity index (χ0n) is 14.0. The van der Waals surface area contributed by atoms with Gasteiger partial charge < -0.3 is 25.0 Å². The summed E-state index contributed by atoms with van der Waals surface area (Å²) in [7, 11) is 1.52. The Balaban J connectivity index is 1.48.